The molecule has 0 fully saturated rings. The number of rotatable bonds is 7. The van der Waals surface area contributed by atoms with Crippen molar-refractivity contribution in [3.63, 3.8) is 0 Å². The molecule has 25 heavy (non-hydrogen) atoms. The Bertz CT molecular complexity index is 839. The Labute approximate surface area is 145 Å². The summed E-state index contributed by atoms with van der Waals surface area (Å²) in [6.07, 6.45) is 0.873. The van der Waals surface area contributed by atoms with Crippen molar-refractivity contribution in [2.45, 2.75) is 26.9 Å². The summed E-state index contributed by atoms with van der Waals surface area (Å²) < 4.78 is 11.0. The van der Waals surface area contributed by atoms with E-state index in [-0.39, 0.29) is 12.5 Å². The Kier molecular flexibility index (Phi) is 5.13. The number of ether oxygens (including phenoxy) is 1. The van der Waals surface area contributed by atoms with E-state index in [4.69, 9.17) is 9.26 Å². The fourth-order valence-electron chi connectivity index (χ4n) is 2.36. The SMILES string of the molecule is CCCNC(=O)c1cc(OCc2c(-c3ccccc3)noc2C)n[nH]1. The van der Waals surface area contributed by atoms with Crippen LogP contribution in [0.2, 0.25) is 0 Å². The average molecular weight is 340 g/mol. The number of benzene rings is 1. The van der Waals surface area contributed by atoms with E-state index in [9.17, 15) is 4.79 Å². The van der Waals surface area contributed by atoms with E-state index >= 15 is 0 Å². The molecule has 3 aromatic rings. The lowest BCUT2D eigenvalue weighted by Gasteiger charge is -2.04. The van der Waals surface area contributed by atoms with Crippen LogP contribution in [0.5, 0.6) is 5.88 Å². The van der Waals surface area contributed by atoms with Gasteiger partial charge in [0.1, 0.15) is 23.8 Å². The first-order chi connectivity index (χ1) is 12.2. The zero-order valence-corrected chi connectivity index (χ0v) is 14.2. The van der Waals surface area contributed by atoms with Crippen LogP contribution in [-0.4, -0.2) is 27.8 Å². The first-order valence-corrected chi connectivity index (χ1v) is 8.16. The van der Waals surface area contributed by atoms with Gasteiger partial charge >= 0.3 is 0 Å². The molecule has 1 aromatic carbocycles. The summed E-state index contributed by atoms with van der Waals surface area (Å²) in [4.78, 5) is 11.9. The molecule has 0 spiro atoms. The summed E-state index contributed by atoms with van der Waals surface area (Å²) in [6, 6.07) is 11.3. The van der Waals surface area contributed by atoms with Gasteiger partial charge in [-0.25, -0.2) is 0 Å². The molecule has 2 aromatic heterocycles. The summed E-state index contributed by atoms with van der Waals surface area (Å²) in [5, 5.41) is 13.6. The van der Waals surface area contributed by atoms with Crippen LogP contribution in [0.1, 0.15) is 35.2 Å². The number of carbonyl (C=O) groups excluding carboxylic acids is 1. The monoisotopic (exact) mass is 340 g/mol. The third-order valence-corrected chi connectivity index (χ3v) is 3.73. The van der Waals surface area contributed by atoms with Crippen LogP contribution in [0.4, 0.5) is 0 Å². The van der Waals surface area contributed by atoms with Crippen molar-refractivity contribution in [3.8, 4) is 17.1 Å². The van der Waals surface area contributed by atoms with Gasteiger partial charge in [-0.05, 0) is 13.3 Å². The maximum absolute atomic E-state index is 11.9. The van der Waals surface area contributed by atoms with Gasteiger partial charge in [0.05, 0.1) is 5.56 Å². The van der Waals surface area contributed by atoms with E-state index in [0.717, 1.165) is 23.2 Å². The highest BCUT2D eigenvalue weighted by molar-refractivity contribution is 5.92. The van der Waals surface area contributed by atoms with Crippen LogP contribution in [-0.2, 0) is 6.61 Å². The van der Waals surface area contributed by atoms with Gasteiger partial charge in [-0.15, -0.1) is 5.10 Å². The van der Waals surface area contributed by atoms with Crippen molar-refractivity contribution in [2.75, 3.05) is 6.54 Å². The molecule has 1 amide bonds. The Morgan fingerprint density at radius 2 is 2.12 bits per heavy atom. The summed E-state index contributed by atoms with van der Waals surface area (Å²) >= 11 is 0. The maximum atomic E-state index is 11.9. The van der Waals surface area contributed by atoms with E-state index in [1.807, 2.05) is 44.2 Å². The van der Waals surface area contributed by atoms with E-state index in [1.165, 1.54) is 0 Å². The third-order valence-electron chi connectivity index (χ3n) is 3.73. The van der Waals surface area contributed by atoms with E-state index in [1.54, 1.807) is 6.07 Å². The molecule has 0 radical (unpaired) electrons. The van der Waals surface area contributed by atoms with Gasteiger partial charge in [0.15, 0.2) is 0 Å². The van der Waals surface area contributed by atoms with Gasteiger partial charge in [-0.3, -0.25) is 9.89 Å². The number of aryl methyl sites for hydroxylation is 1. The number of hydrogen-bond donors (Lipinski definition) is 2. The van der Waals surface area contributed by atoms with Crippen molar-refractivity contribution in [2.24, 2.45) is 0 Å². The van der Waals surface area contributed by atoms with Crippen LogP contribution in [0.15, 0.2) is 40.9 Å². The number of aromatic nitrogens is 3. The second-order valence-corrected chi connectivity index (χ2v) is 5.60. The molecule has 7 heteroatoms. The van der Waals surface area contributed by atoms with Crippen molar-refractivity contribution < 1.29 is 14.1 Å². The van der Waals surface area contributed by atoms with Gasteiger partial charge in [0.2, 0.25) is 5.88 Å². The van der Waals surface area contributed by atoms with Gasteiger partial charge in [0.25, 0.3) is 5.91 Å². The number of H-pyrrole nitrogens is 1. The highest BCUT2D eigenvalue weighted by atomic mass is 16.5. The first kappa shape index (κ1) is 16.8. The fourth-order valence-corrected chi connectivity index (χ4v) is 2.36. The van der Waals surface area contributed by atoms with Gasteiger partial charge in [-0.1, -0.05) is 42.4 Å². The average Bonchev–Trinajstić information content (AvgIpc) is 3.25. The first-order valence-electron chi connectivity index (χ1n) is 8.16. The molecule has 0 saturated carbocycles. The number of carbonyl (C=O) groups is 1. The number of aromatic amines is 1. The highest BCUT2D eigenvalue weighted by Crippen LogP contribution is 2.26. The quantitative estimate of drug-likeness (QED) is 0.689. The van der Waals surface area contributed by atoms with Gasteiger partial charge in [-0.2, -0.15) is 0 Å². The maximum Gasteiger partial charge on any atom is 0.269 e. The molecule has 0 bridgehead atoms. The van der Waals surface area contributed by atoms with E-state index < -0.39 is 0 Å². The van der Waals surface area contributed by atoms with Crippen LogP contribution >= 0.6 is 0 Å². The zero-order valence-electron chi connectivity index (χ0n) is 14.2. The summed E-state index contributed by atoms with van der Waals surface area (Å²) in [7, 11) is 0. The largest absolute Gasteiger partial charge is 0.472 e. The molecule has 0 aliphatic carbocycles. The van der Waals surface area contributed by atoms with Crippen LogP contribution in [0.3, 0.4) is 0 Å². The Morgan fingerprint density at radius 1 is 1.32 bits per heavy atom. The Hall–Kier alpha value is -3.09. The number of hydrogen-bond acceptors (Lipinski definition) is 5. The van der Waals surface area contributed by atoms with Crippen LogP contribution in [0.25, 0.3) is 11.3 Å². The number of amides is 1. The smallest absolute Gasteiger partial charge is 0.269 e. The second-order valence-electron chi connectivity index (χ2n) is 5.60. The Balaban J connectivity index is 1.70. The topological polar surface area (TPSA) is 93.0 Å². The minimum absolute atomic E-state index is 0.199. The normalized spacial score (nSPS) is 10.6. The number of nitrogens with zero attached hydrogens (tertiary/aromatic N) is 2. The predicted molar refractivity (Wildman–Crippen MR) is 92.2 cm³/mol. The van der Waals surface area contributed by atoms with Gasteiger partial charge in [0, 0.05) is 18.2 Å². The summed E-state index contributed by atoms with van der Waals surface area (Å²) in [6.45, 7) is 4.70. The lowest BCUT2D eigenvalue weighted by atomic mass is 10.1. The fraction of sp³-hybridized carbons (Fsp3) is 0.278. The van der Waals surface area contributed by atoms with E-state index in [2.05, 4.69) is 20.7 Å². The minimum atomic E-state index is -0.199. The molecule has 2 heterocycles. The second kappa shape index (κ2) is 7.65. The summed E-state index contributed by atoms with van der Waals surface area (Å²) in [5.41, 5.74) is 2.93. The lowest BCUT2D eigenvalue weighted by molar-refractivity contribution is 0.0948. The predicted octanol–water partition coefficient (Wildman–Crippen LogP) is 3.09. The molecule has 2 N–H and O–H groups in total. The van der Waals surface area contributed by atoms with E-state index in [0.29, 0.717) is 23.9 Å². The third kappa shape index (κ3) is 3.88. The Morgan fingerprint density at radius 3 is 2.88 bits per heavy atom. The lowest BCUT2D eigenvalue weighted by Crippen LogP contribution is -2.24. The van der Waals surface area contributed by atoms with Crippen molar-refractivity contribution in [1.82, 2.24) is 20.7 Å². The molecule has 3 rings (SSSR count). The van der Waals surface area contributed by atoms with Crippen LogP contribution in [0, 0.1) is 6.92 Å². The minimum Gasteiger partial charge on any atom is -0.472 e. The standard InChI is InChI=1S/C18H20N4O3/c1-3-9-19-18(23)15-10-16(21-20-15)24-11-14-12(2)25-22-17(14)13-7-5-4-6-8-13/h4-8,10H,3,9,11H2,1-2H3,(H,19,23)(H,20,21). The molecule has 130 valence electrons. The molecule has 0 aliphatic heterocycles. The molecule has 0 unspecified atom stereocenters. The molecule has 0 atom stereocenters. The van der Waals surface area contributed by atoms with Crippen molar-refractivity contribution in [1.29, 1.82) is 0 Å². The molecular weight excluding hydrogens is 320 g/mol. The zero-order chi connectivity index (χ0) is 17.6. The molecule has 7 nitrogen and oxygen atoms in total. The molecule has 0 saturated heterocycles. The van der Waals surface area contributed by atoms with Crippen LogP contribution < -0.4 is 10.1 Å². The highest BCUT2D eigenvalue weighted by Gasteiger charge is 2.16. The van der Waals surface area contributed by atoms with Gasteiger partial charge < -0.3 is 14.6 Å². The van der Waals surface area contributed by atoms with Crippen molar-refractivity contribution >= 4 is 5.91 Å². The number of nitrogens with one attached hydrogen (secondary N) is 2. The summed E-state index contributed by atoms with van der Waals surface area (Å²) in [5.74, 6) is 0.840. The molecule has 0 aliphatic rings. The van der Waals surface area contributed by atoms with Crippen molar-refractivity contribution in [3.05, 3.63) is 53.4 Å². The molecular formula is C18H20N4O3.